The molecule has 4 aromatic rings. The van der Waals surface area contributed by atoms with Gasteiger partial charge in [0.15, 0.2) is 0 Å². The lowest BCUT2D eigenvalue weighted by Crippen LogP contribution is -2.13. The van der Waals surface area contributed by atoms with Crippen LogP contribution in [-0.4, -0.2) is 15.2 Å². The topological polar surface area (TPSA) is 56.5 Å². The summed E-state index contributed by atoms with van der Waals surface area (Å²) >= 11 is 6.00. The number of benzene rings is 2. The number of aromatic amines is 2. The Morgan fingerprint density at radius 1 is 1.04 bits per heavy atom. The summed E-state index contributed by atoms with van der Waals surface area (Å²) < 4.78 is 27.1. The van der Waals surface area contributed by atoms with E-state index in [1.165, 1.54) is 12.1 Å². The van der Waals surface area contributed by atoms with Crippen LogP contribution in [0.25, 0.3) is 22.2 Å². The third-order valence-electron chi connectivity index (χ3n) is 4.19. The molecule has 0 amide bonds. The smallest absolute Gasteiger partial charge is 0.135 e. The molecule has 2 aromatic carbocycles. The van der Waals surface area contributed by atoms with Crippen LogP contribution in [0.15, 0.2) is 48.7 Å². The SMILES string of the molecule is Fc1ccc(-c2[nH]ncc2CNCc2cc3cc(Cl)ccc3[nH]2)c(F)c1. The summed E-state index contributed by atoms with van der Waals surface area (Å²) in [6.07, 6.45) is 1.64. The number of halogens is 3. The van der Waals surface area contributed by atoms with Crippen LogP contribution in [0.1, 0.15) is 11.3 Å². The van der Waals surface area contributed by atoms with Gasteiger partial charge in [-0.15, -0.1) is 0 Å². The average molecular weight is 373 g/mol. The maximum atomic E-state index is 14.0. The van der Waals surface area contributed by atoms with Crippen LogP contribution in [0.3, 0.4) is 0 Å². The molecule has 0 saturated carbocycles. The number of rotatable bonds is 5. The first-order valence-electron chi connectivity index (χ1n) is 8.06. The second kappa shape index (κ2) is 6.90. The first kappa shape index (κ1) is 16.8. The van der Waals surface area contributed by atoms with E-state index in [0.29, 0.717) is 29.4 Å². The van der Waals surface area contributed by atoms with Gasteiger partial charge in [-0.2, -0.15) is 5.10 Å². The number of hydrogen-bond acceptors (Lipinski definition) is 2. The van der Waals surface area contributed by atoms with Gasteiger partial charge in [0.1, 0.15) is 11.6 Å². The molecule has 0 fully saturated rings. The van der Waals surface area contributed by atoms with Crippen LogP contribution in [0.2, 0.25) is 5.02 Å². The summed E-state index contributed by atoms with van der Waals surface area (Å²) in [5.74, 6) is -1.23. The molecule has 4 rings (SSSR count). The van der Waals surface area contributed by atoms with Crippen molar-refractivity contribution < 1.29 is 8.78 Å². The Labute approximate surface area is 153 Å². The zero-order valence-corrected chi connectivity index (χ0v) is 14.4. The second-order valence-electron chi connectivity index (χ2n) is 6.02. The van der Waals surface area contributed by atoms with Gasteiger partial charge in [0, 0.05) is 51.9 Å². The first-order valence-corrected chi connectivity index (χ1v) is 8.43. The highest BCUT2D eigenvalue weighted by atomic mass is 35.5. The Hall–Kier alpha value is -2.70. The molecular formula is C19H15ClF2N4. The van der Waals surface area contributed by atoms with Crippen LogP contribution in [0.4, 0.5) is 8.78 Å². The minimum absolute atomic E-state index is 0.293. The van der Waals surface area contributed by atoms with E-state index in [4.69, 9.17) is 11.6 Å². The molecule has 0 aliphatic rings. The molecule has 7 heteroatoms. The maximum absolute atomic E-state index is 14.0. The van der Waals surface area contributed by atoms with E-state index in [2.05, 4.69) is 20.5 Å². The number of fused-ring (bicyclic) bond motifs is 1. The molecule has 0 aliphatic heterocycles. The second-order valence-corrected chi connectivity index (χ2v) is 6.46. The van der Waals surface area contributed by atoms with Crippen molar-refractivity contribution in [2.75, 3.05) is 0 Å². The third-order valence-corrected chi connectivity index (χ3v) is 4.42. The molecule has 0 aliphatic carbocycles. The van der Waals surface area contributed by atoms with Crippen molar-refractivity contribution in [3.05, 3.63) is 76.6 Å². The van der Waals surface area contributed by atoms with Crippen LogP contribution >= 0.6 is 11.6 Å². The Morgan fingerprint density at radius 2 is 1.92 bits per heavy atom. The Kier molecular flexibility index (Phi) is 4.44. The molecule has 0 bridgehead atoms. The average Bonchev–Trinajstić information content (AvgIpc) is 3.21. The fourth-order valence-electron chi connectivity index (χ4n) is 2.96. The van der Waals surface area contributed by atoms with Gasteiger partial charge in [-0.1, -0.05) is 11.6 Å². The van der Waals surface area contributed by atoms with Crippen molar-refractivity contribution in [1.82, 2.24) is 20.5 Å². The molecule has 132 valence electrons. The largest absolute Gasteiger partial charge is 0.357 e. The van der Waals surface area contributed by atoms with Gasteiger partial charge < -0.3 is 10.3 Å². The van der Waals surface area contributed by atoms with Crippen molar-refractivity contribution in [2.24, 2.45) is 0 Å². The zero-order valence-electron chi connectivity index (χ0n) is 13.6. The summed E-state index contributed by atoms with van der Waals surface area (Å²) in [5, 5.41) is 11.8. The highest BCUT2D eigenvalue weighted by molar-refractivity contribution is 6.31. The Balaban J connectivity index is 1.47. The molecule has 0 spiro atoms. The van der Waals surface area contributed by atoms with Gasteiger partial charge in [-0.25, -0.2) is 8.78 Å². The molecule has 3 N–H and O–H groups in total. The molecule has 0 saturated heterocycles. The lowest BCUT2D eigenvalue weighted by atomic mass is 10.1. The fourth-order valence-corrected chi connectivity index (χ4v) is 3.14. The predicted octanol–water partition coefficient (Wildman–Crippen LogP) is 4.78. The van der Waals surface area contributed by atoms with Crippen LogP contribution in [-0.2, 0) is 13.1 Å². The first-order chi connectivity index (χ1) is 12.6. The van der Waals surface area contributed by atoms with Crippen molar-refractivity contribution in [2.45, 2.75) is 13.1 Å². The predicted molar refractivity (Wildman–Crippen MR) is 97.8 cm³/mol. The number of hydrogen-bond donors (Lipinski definition) is 3. The molecular weight excluding hydrogens is 358 g/mol. The van der Waals surface area contributed by atoms with Gasteiger partial charge >= 0.3 is 0 Å². The van der Waals surface area contributed by atoms with Crippen molar-refractivity contribution in [3.8, 4) is 11.3 Å². The molecule has 0 atom stereocenters. The monoisotopic (exact) mass is 372 g/mol. The summed E-state index contributed by atoms with van der Waals surface area (Å²) in [7, 11) is 0. The highest BCUT2D eigenvalue weighted by Gasteiger charge is 2.13. The molecule has 2 aromatic heterocycles. The van der Waals surface area contributed by atoms with Crippen LogP contribution in [0, 0.1) is 11.6 Å². The van der Waals surface area contributed by atoms with E-state index in [0.717, 1.165) is 28.2 Å². The lowest BCUT2D eigenvalue weighted by Gasteiger charge is -2.06. The number of H-pyrrole nitrogens is 2. The van der Waals surface area contributed by atoms with E-state index in [1.54, 1.807) is 6.20 Å². The highest BCUT2D eigenvalue weighted by Crippen LogP contribution is 2.25. The normalized spacial score (nSPS) is 11.3. The van der Waals surface area contributed by atoms with E-state index < -0.39 is 11.6 Å². The summed E-state index contributed by atoms with van der Waals surface area (Å²) in [4.78, 5) is 3.32. The van der Waals surface area contributed by atoms with Gasteiger partial charge in [-0.05, 0) is 36.4 Å². The molecule has 0 radical (unpaired) electrons. The zero-order chi connectivity index (χ0) is 18.1. The summed E-state index contributed by atoms with van der Waals surface area (Å²) in [6.45, 7) is 1.08. The van der Waals surface area contributed by atoms with E-state index >= 15 is 0 Å². The molecule has 26 heavy (non-hydrogen) atoms. The standard InChI is InChI=1S/C19H15ClF2N4/c20-13-1-4-18-11(5-13)6-15(25-18)10-23-8-12-9-24-26-19(12)16-3-2-14(21)7-17(16)22/h1-7,9,23,25H,8,10H2,(H,24,26). The molecule has 2 heterocycles. The van der Waals surface area contributed by atoms with Gasteiger partial charge in [0.2, 0.25) is 0 Å². The quantitative estimate of drug-likeness (QED) is 0.472. The Bertz CT molecular complexity index is 1070. The molecule has 4 nitrogen and oxygen atoms in total. The van der Waals surface area contributed by atoms with Crippen LogP contribution in [0.5, 0.6) is 0 Å². The van der Waals surface area contributed by atoms with E-state index in [9.17, 15) is 8.78 Å². The van der Waals surface area contributed by atoms with Crippen LogP contribution < -0.4 is 5.32 Å². The number of aromatic nitrogens is 3. The Morgan fingerprint density at radius 3 is 2.77 bits per heavy atom. The minimum atomic E-state index is -0.622. The fraction of sp³-hybridized carbons (Fsp3) is 0.105. The summed E-state index contributed by atoms with van der Waals surface area (Å²) in [6, 6.07) is 11.2. The van der Waals surface area contributed by atoms with Crippen molar-refractivity contribution in [1.29, 1.82) is 0 Å². The third kappa shape index (κ3) is 3.34. The van der Waals surface area contributed by atoms with E-state index in [1.807, 2.05) is 24.3 Å². The van der Waals surface area contributed by atoms with Gasteiger partial charge in [-0.3, -0.25) is 5.10 Å². The minimum Gasteiger partial charge on any atom is -0.357 e. The summed E-state index contributed by atoms with van der Waals surface area (Å²) in [5.41, 5.74) is 3.66. The van der Waals surface area contributed by atoms with Crippen molar-refractivity contribution in [3.63, 3.8) is 0 Å². The molecule has 0 unspecified atom stereocenters. The maximum Gasteiger partial charge on any atom is 0.135 e. The van der Waals surface area contributed by atoms with Crippen molar-refractivity contribution >= 4 is 22.5 Å². The van der Waals surface area contributed by atoms with E-state index in [-0.39, 0.29) is 0 Å². The van der Waals surface area contributed by atoms with Gasteiger partial charge in [0.25, 0.3) is 0 Å². The van der Waals surface area contributed by atoms with Gasteiger partial charge in [0.05, 0.1) is 11.9 Å². The lowest BCUT2D eigenvalue weighted by molar-refractivity contribution is 0.585. The number of nitrogens with zero attached hydrogens (tertiary/aromatic N) is 1. The number of nitrogens with one attached hydrogen (secondary N) is 3.